The molecule has 3 rings (SSSR count). The summed E-state index contributed by atoms with van der Waals surface area (Å²) < 4.78 is 37.3. The van der Waals surface area contributed by atoms with E-state index in [2.05, 4.69) is 5.32 Å². The Morgan fingerprint density at radius 2 is 1.88 bits per heavy atom. The lowest BCUT2D eigenvalue weighted by atomic mass is 10.2. The van der Waals surface area contributed by atoms with Crippen LogP contribution in [0.2, 0.25) is 0 Å². The lowest BCUT2D eigenvalue weighted by Crippen LogP contribution is -2.40. The van der Waals surface area contributed by atoms with Gasteiger partial charge in [-0.1, -0.05) is 6.07 Å². The van der Waals surface area contributed by atoms with E-state index in [9.17, 15) is 13.2 Å². The maximum atomic E-state index is 12.7. The highest BCUT2D eigenvalue weighted by Crippen LogP contribution is 2.22. The molecule has 0 spiro atoms. The lowest BCUT2D eigenvalue weighted by Gasteiger charge is -2.26. The van der Waals surface area contributed by atoms with Crippen molar-refractivity contribution in [3.63, 3.8) is 0 Å². The normalized spacial score (nSPS) is 15.9. The van der Waals surface area contributed by atoms with Crippen molar-refractivity contribution in [1.29, 1.82) is 0 Å². The first-order chi connectivity index (χ1) is 11.9. The summed E-state index contributed by atoms with van der Waals surface area (Å²) in [7, 11) is -3.61. The molecule has 7 nitrogen and oxygen atoms in total. The first-order valence-electron chi connectivity index (χ1n) is 7.94. The van der Waals surface area contributed by atoms with Gasteiger partial charge < -0.3 is 14.5 Å². The number of carbonyl (C=O) groups is 1. The Bertz CT molecular complexity index is 882. The molecular weight excluding hydrogens is 344 g/mol. The molecule has 1 saturated heterocycles. The molecule has 1 N–H and O–H groups in total. The molecule has 1 aliphatic rings. The van der Waals surface area contributed by atoms with Crippen LogP contribution in [0.25, 0.3) is 0 Å². The van der Waals surface area contributed by atoms with Gasteiger partial charge in [0.05, 0.1) is 23.7 Å². The Morgan fingerprint density at radius 3 is 2.52 bits per heavy atom. The van der Waals surface area contributed by atoms with Gasteiger partial charge in [0.15, 0.2) is 0 Å². The largest absolute Gasteiger partial charge is 0.466 e. The van der Waals surface area contributed by atoms with Crippen molar-refractivity contribution < 1.29 is 22.4 Å². The van der Waals surface area contributed by atoms with Gasteiger partial charge in [0.1, 0.15) is 11.5 Å². The minimum atomic E-state index is -3.61. The predicted octanol–water partition coefficient (Wildman–Crippen LogP) is 2.17. The van der Waals surface area contributed by atoms with Crippen LogP contribution in [0.3, 0.4) is 0 Å². The van der Waals surface area contributed by atoms with Crippen LogP contribution in [-0.4, -0.2) is 44.9 Å². The highest BCUT2D eigenvalue weighted by molar-refractivity contribution is 7.89. The van der Waals surface area contributed by atoms with Crippen LogP contribution < -0.4 is 5.32 Å². The molecule has 1 aromatic carbocycles. The number of nitrogens with zero attached hydrogens (tertiary/aromatic N) is 1. The summed E-state index contributed by atoms with van der Waals surface area (Å²) in [6.07, 6.45) is 0. The van der Waals surface area contributed by atoms with E-state index in [-0.39, 0.29) is 10.8 Å². The predicted molar refractivity (Wildman–Crippen MR) is 92.2 cm³/mol. The van der Waals surface area contributed by atoms with E-state index < -0.39 is 10.0 Å². The highest BCUT2D eigenvalue weighted by Gasteiger charge is 2.26. The topological polar surface area (TPSA) is 88.9 Å². The van der Waals surface area contributed by atoms with E-state index in [4.69, 9.17) is 9.15 Å². The zero-order valence-electron chi connectivity index (χ0n) is 14.1. The van der Waals surface area contributed by atoms with Gasteiger partial charge in [0.2, 0.25) is 10.0 Å². The fourth-order valence-electron chi connectivity index (χ4n) is 2.73. The number of amides is 1. The number of ether oxygens (including phenoxy) is 1. The smallest absolute Gasteiger partial charge is 0.259 e. The van der Waals surface area contributed by atoms with Gasteiger partial charge in [-0.2, -0.15) is 4.31 Å². The first-order valence-corrected chi connectivity index (χ1v) is 9.38. The molecule has 25 heavy (non-hydrogen) atoms. The minimum Gasteiger partial charge on any atom is -0.466 e. The summed E-state index contributed by atoms with van der Waals surface area (Å²) in [6.45, 7) is 4.89. The van der Waals surface area contributed by atoms with Crippen molar-refractivity contribution in [2.24, 2.45) is 0 Å². The zero-order chi connectivity index (χ0) is 18.0. The summed E-state index contributed by atoms with van der Waals surface area (Å²) in [5.74, 6) is 0.827. The number of anilines is 1. The lowest BCUT2D eigenvalue weighted by molar-refractivity contribution is 0.0730. The van der Waals surface area contributed by atoms with Crippen LogP contribution in [0, 0.1) is 13.8 Å². The minimum absolute atomic E-state index is 0.146. The molecule has 0 atom stereocenters. The molecule has 1 aliphatic heterocycles. The fraction of sp³-hybridized carbons (Fsp3) is 0.353. The Hall–Kier alpha value is -2.16. The third-order valence-electron chi connectivity index (χ3n) is 3.99. The van der Waals surface area contributed by atoms with E-state index in [1.54, 1.807) is 32.0 Å². The molecular formula is C17H20N2O5S. The molecule has 1 fully saturated rings. The van der Waals surface area contributed by atoms with Gasteiger partial charge in [-0.25, -0.2) is 8.42 Å². The molecule has 134 valence electrons. The van der Waals surface area contributed by atoms with Crippen LogP contribution >= 0.6 is 0 Å². The summed E-state index contributed by atoms with van der Waals surface area (Å²) in [5.41, 5.74) is 0.844. The van der Waals surface area contributed by atoms with Crippen molar-refractivity contribution in [3.8, 4) is 0 Å². The van der Waals surface area contributed by atoms with Crippen molar-refractivity contribution in [2.45, 2.75) is 18.7 Å². The summed E-state index contributed by atoms with van der Waals surface area (Å²) in [4.78, 5) is 12.5. The second-order valence-corrected chi connectivity index (χ2v) is 7.76. The molecule has 0 saturated carbocycles. The maximum absolute atomic E-state index is 12.7. The number of carbonyl (C=O) groups excluding carboxylic acids is 1. The molecule has 2 aromatic rings. The van der Waals surface area contributed by atoms with Crippen molar-refractivity contribution in [2.75, 3.05) is 31.6 Å². The highest BCUT2D eigenvalue weighted by atomic mass is 32.2. The number of rotatable bonds is 4. The van der Waals surface area contributed by atoms with Crippen LogP contribution in [-0.2, 0) is 14.8 Å². The van der Waals surface area contributed by atoms with Crippen LogP contribution in [0.15, 0.2) is 39.6 Å². The van der Waals surface area contributed by atoms with Crippen LogP contribution in [0.5, 0.6) is 0 Å². The number of benzene rings is 1. The van der Waals surface area contributed by atoms with E-state index in [0.717, 1.165) is 0 Å². The van der Waals surface area contributed by atoms with Gasteiger partial charge in [0.25, 0.3) is 5.91 Å². The Kier molecular flexibility index (Phi) is 4.94. The third kappa shape index (κ3) is 3.76. The monoisotopic (exact) mass is 364 g/mol. The van der Waals surface area contributed by atoms with E-state index >= 15 is 0 Å². The average Bonchev–Trinajstić information content (AvgIpc) is 2.94. The number of morpholine rings is 1. The van der Waals surface area contributed by atoms with Gasteiger partial charge in [-0.15, -0.1) is 0 Å². The van der Waals surface area contributed by atoms with Crippen molar-refractivity contribution in [1.82, 2.24) is 4.31 Å². The molecule has 8 heteroatoms. The Balaban J connectivity index is 1.81. The van der Waals surface area contributed by atoms with Crippen LogP contribution in [0.1, 0.15) is 21.9 Å². The Labute approximate surface area is 146 Å². The first kappa shape index (κ1) is 17.7. The number of nitrogens with one attached hydrogen (secondary N) is 1. The molecule has 2 heterocycles. The van der Waals surface area contributed by atoms with Gasteiger partial charge in [0, 0.05) is 18.8 Å². The average molecular weight is 364 g/mol. The number of sulfonamides is 1. The molecule has 1 amide bonds. The van der Waals surface area contributed by atoms with Crippen LogP contribution in [0.4, 0.5) is 5.69 Å². The molecule has 1 aromatic heterocycles. The zero-order valence-corrected chi connectivity index (χ0v) is 14.9. The molecule has 0 aliphatic carbocycles. The second kappa shape index (κ2) is 6.99. The summed E-state index contributed by atoms with van der Waals surface area (Å²) >= 11 is 0. The molecule has 0 unspecified atom stereocenters. The van der Waals surface area contributed by atoms with Gasteiger partial charge in [-0.3, -0.25) is 4.79 Å². The quantitative estimate of drug-likeness (QED) is 0.898. The summed E-state index contributed by atoms with van der Waals surface area (Å²) in [6, 6.07) is 7.90. The maximum Gasteiger partial charge on any atom is 0.259 e. The fourth-order valence-corrected chi connectivity index (χ4v) is 4.18. The van der Waals surface area contributed by atoms with Gasteiger partial charge in [-0.05, 0) is 38.1 Å². The van der Waals surface area contributed by atoms with E-state index in [1.807, 2.05) is 0 Å². The van der Waals surface area contributed by atoms with E-state index in [1.165, 1.54) is 16.4 Å². The number of hydrogen-bond acceptors (Lipinski definition) is 5. The summed E-state index contributed by atoms with van der Waals surface area (Å²) in [5, 5.41) is 2.72. The second-order valence-electron chi connectivity index (χ2n) is 5.83. The van der Waals surface area contributed by atoms with E-state index in [0.29, 0.717) is 49.1 Å². The molecule has 0 bridgehead atoms. The standard InChI is InChI=1S/C17H20N2O5S/c1-12-10-16(13(2)24-12)17(20)18-14-4-3-5-15(11-14)25(21,22)19-6-8-23-9-7-19/h3-5,10-11H,6-9H2,1-2H3,(H,18,20). The number of furan rings is 1. The third-order valence-corrected chi connectivity index (χ3v) is 5.88. The number of hydrogen-bond donors (Lipinski definition) is 1. The number of aryl methyl sites for hydroxylation is 2. The Morgan fingerprint density at radius 1 is 1.16 bits per heavy atom. The molecule has 0 radical (unpaired) electrons. The SMILES string of the molecule is Cc1cc(C(=O)Nc2cccc(S(=O)(=O)N3CCOCC3)c2)c(C)o1. The van der Waals surface area contributed by atoms with Crippen molar-refractivity contribution >= 4 is 21.6 Å². The van der Waals surface area contributed by atoms with Crippen molar-refractivity contribution in [3.05, 3.63) is 47.4 Å². The van der Waals surface area contributed by atoms with Gasteiger partial charge >= 0.3 is 0 Å².